The summed E-state index contributed by atoms with van der Waals surface area (Å²) in [5, 5.41) is 13.1. The number of carbonyl (C=O) groups is 1. The van der Waals surface area contributed by atoms with Crippen molar-refractivity contribution in [2.24, 2.45) is 0 Å². The van der Waals surface area contributed by atoms with Gasteiger partial charge in [-0.25, -0.2) is 0 Å². The zero-order chi connectivity index (χ0) is 21.8. The smallest absolute Gasteiger partial charge is 0.287 e. The van der Waals surface area contributed by atoms with Gasteiger partial charge in [0.1, 0.15) is 24.4 Å². The fourth-order valence-electron chi connectivity index (χ4n) is 3.42. The van der Waals surface area contributed by atoms with E-state index in [2.05, 4.69) is 21.6 Å². The third-order valence-corrected chi connectivity index (χ3v) is 5.05. The normalized spacial score (nSPS) is 10.9. The lowest BCUT2D eigenvalue weighted by atomic mass is 10.1. The highest BCUT2D eigenvalue weighted by atomic mass is 16.5. The number of benzene rings is 3. The average Bonchev–Trinajstić information content (AvgIpc) is 3.51. The molecule has 0 spiro atoms. The van der Waals surface area contributed by atoms with Crippen LogP contribution < -0.4 is 10.1 Å². The second kappa shape index (κ2) is 8.77. The summed E-state index contributed by atoms with van der Waals surface area (Å²) in [5.41, 5.74) is 0.924. The number of ether oxygens (including phenoxy) is 1. The van der Waals surface area contributed by atoms with Gasteiger partial charge in [-0.1, -0.05) is 48.5 Å². The number of fused-ring (bicyclic) bond motifs is 1. The van der Waals surface area contributed by atoms with E-state index in [4.69, 9.17) is 9.15 Å². The van der Waals surface area contributed by atoms with E-state index >= 15 is 0 Å². The summed E-state index contributed by atoms with van der Waals surface area (Å²) in [6, 6.07) is 27.1. The largest absolute Gasteiger partial charge is 0.486 e. The van der Waals surface area contributed by atoms with E-state index in [1.807, 2.05) is 71.3 Å². The van der Waals surface area contributed by atoms with E-state index in [-0.39, 0.29) is 24.8 Å². The lowest BCUT2D eigenvalue weighted by Gasteiger charge is -2.07. The van der Waals surface area contributed by atoms with Crippen LogP contribution in [0.3, 0.4) is 0 Å². The second-order valence-electron chi connectivity index (χ2n) is 7.20. The Labute approximate surface area is 184 Å². The van der Waals surface area contributed by atoms with Gasteiger partial charge in [-0.05, 0) is 47.2 Å². The Bertz CT molecular complexity index is 1360. The SMILES string of the molecule is O=C(NCc1nncn1-c1ccccc1)c1ccc(COc2ccc3ccccc3c2)o1. The lowest BCUT2D eigenvalue weighted by molar-refractivity contribution is 0.0918. The first-order chi connectivity index (χ1) is 15.8. The Morgan fingerprint density at radius 3 is 2.62 bits per heavy atom. The third kappa shape index (κ3) is 4.22. The molecule has 0 aliphatic rings. The first-order valence-corrected chi connectivity index (χ1v) is 10.2. The summed E-state index contributed by atoms with van der Waals surface area (Å²) >= 11 is 0. The number of rotatable bonds is 7. The molecule has 7 heteroatoms. The van der Waals surface area contributed by atoms with E-state index in [1.54, 1.807) is 18.5 Å². The minimum absolute atomic E-state index is 0.216. The summed E-state index contributed by atoms with van der Waals surface area (Å²) in [6.45, 7) is 0.450. The molecule has 1 amide bonds. The summed E-state index contributed by atoms with van der Waals surface area (Å²) in [5.74, 6) is 1.82. The Kier molecular flexibility index (Phi) is 5.36. The van der Waals surface area contributed by atoms with Gasteiger partial charge in [0.25, 0.3) is 5.91 Å². The summed E-state index contributed by atoms with van der Waals surface area (Å²) < 4.78 is 13.3. The molecule has 2 heterocycles. The monoisotopic (exact) mass is 424 g/mol. The van der Waals surface area contributed by atoms with Crippen molar-refractivity contribution in [1.82, 2.24) is 20.1 Å². The van der Waals surface area contributed by atoms with Crippen LogP contribution in [0.15, 0.2) is 95.7 Å². The number of furan rings is 1. The average molecular weight is 424 g/mol. The molecule has 0 unspecified atom stereocenters. The molecule has 0 atom stereocenters. The molecule has 5 rings (SSSR count). The molecule has 158 valence electrons. The van der Waals surface area contributed by atoms with Crippen LogP contribution in [0.25, 0.3) is 16.5 Å². The first kappa shape index (κ1) is 19.6. The highest BCUT2D eigenvalue weighted by Gasteiger charge is 2.14. The molecule has 0 aliphatic carbocycles. The molecule has 7 nitrogen and oxygen atoms in total. The maximum absolute atomic E-state index is 12.5. The third-order valence-electron chi connectivity index (χ3n) is 5.05. The summed E-state index contributed by atoms with van der Waals surface area (Å²) in [4.78, 5) is 12.5. The van der Waals surface area contributed by atoms with E-state index in [9.17, 15) is 4.79 Å². The van der Waals surface area contributed by atoms with Gasteiger partial charge in [-0.2, -0.15) is 0 Å². The van der Waals surface area contributed by atoms with Gasteiger partial charge in [-0.15, -0.1) is 10.2 Å². The molecule has 3 aromatic carbocycles. The van der Waals surface area contributed by atoms with Crippen LogP contribution >= 0.6 is 0 Å². The molecule has 0 aliphatic heterocycles. The van der Waals surface area contributed by atoms with Crippen molar-refractivity contribution in [3.8, 4) is 11.4 Å². The molecule has 0 saturated carbocycles. The highest BCUT2D eigenvalue weighted by Crippen LogP contribution is 2.22. The van der Waals surface area contributed by atoms with Crippen LogP contribution in [-0.4, -0.2) is 20.7 Å². The van der Waals surface area contributed by atoms with E-state index in [0.717, 1.165) is 22.2 Å². The predicted molar refractivity (Wildman–Crippen MR) is 120 cm³/mol. The number of amides is 1. The van der Waals surface area contributed by atoms with Crippen LogP contribution in [0.1, 0.15) is 22.1 Å². The van der Waals surface area contributed by atoms with E-state index < -0.39 is 0 Å². The zero-order valence-corrected chi connectivity index (χ0v) is 17.1. The quantitative estimate of drug-likeness (QED) is 0.415. The van der Waals surface area contributed by atoms with Crippen molar-refractivity contribution in [1.29, 1.82) is 0 Å². The minimum atomic E-state index is -0.329. The Morgan fingerprint density at radius 2 is 1.75 bits per heavy atom. The van der Waals surface area contributed by atoms with Crippen LogP contribution in [0.5, 0.6) is 5.75 Å². The molecule has 5 aromatic rings. The Hall–Kier alpha value is -4.39. The zero-order valence-electron chi connectivity index (χ0n) is 17.1. The summed E-state index contributed by atoms with van der Waals surface area (Å²) in [7, 11) is 0. The highest BCUT2D eigenvalue weighted by molar-refractivity contribution is 5.91. The fraction of sp³-hybridized carbons (Fsp3) is 0.0800. The van der Waals surface area contributed by atoms with Gasteiger partial charge < -0.3 is 14.5 Å². The van der Waals surface area contributed by atoms with Gasteiger partial charge >= 0.3 is 0 Å². The van der Waals surface area contributed by atoms with Crippen molar-refractivity contribution in [3.05, 3.63) is 109 Å². The van der Waals surface area contributed by atoms with Gasteiger partial charge in [-0.3, -0.25) is 9.36 Å². The molecule has 0 fully saturated rings. The minimum Gasteiger partial charge on any atom is -0.486 e. The van der Waals surface area contributed by atoms with Gasteiger partial charge in [0.15, 0.2) is 11.6 Å². The maximum Gasteiger partial charge on any atom is 0.287 e. The van der Waals surface area contributed by atoms with Crippen molar-refractivity contribution in [2.45, 2.75) is 13.2 Å². The number of aromatic nitrogens is 3. The molecule has 32 heavy (non-hydrogen) atoms. The van der Waals surface area contributed by atoms with Crippen LogP contribution in [-0.2, 0) is 13.2 Å². The van der Waals surface area contributed by atoms with Crippen molar-refractivity contribution in [3.63, 3.8) is 0 Å². The fourth-order valence-corrected chi connectivity index (χ4v) is 3.42. The molecule has 0 bridgehead atoms. The van der Waals surface area contributed by atoms with Crippen LogP contribution in [0.4, 0.5) is 0 Å². The van der Waals surface area contributed by atoms with E-state index in [1.165, 1.54) is 0 Å². The number of nitrogens with zero attached hydrogens (tertiary/aromatic N) is 3. The molecular formula is C25H20N4O3. The Morgan fingerprint density at radius 1 is 0.938 bits per heavy atom. The molecule has 2 aromatic heterocycles. The van der Waals surface area contributed by atoms with E-state index in [0.29, 0.717) is 11.6 Å². The van der Waals surface area contributed by atoms with Gasteiger partial charge in [0.05, 0.1) is 6.54 Å². The molecular weight excluding hydrogens is 404 g/mol. The van der Waals surface area contributed by atoms with Crippen molar-refractivity contribution < 1.29 is 13.9 Å². The second-order valence-corrected chi connectivity index (χ2v) is 7.20. The molecule has 0 saturated heterocycles. The van der Waals surface area contributed by atoms with Gasteiger partial charge in [0.2, 0.25) is 0 Å². The molecule has 0 radical (unpaired) electrons. The topological polar surface area (TPSA) is 82.2 Å². The number of para-hydroxylation sites is 1. The van der Waals surface area contributed by atoms with Crippen molar-refractivity contribution >= 4 is 16.7 Å². The number of hydrogen-bond donors (Lipinski definition) is 1. The van der Waals surface area contributed by atoms with Crippen molar-refractivity contribution in [2.75, 3.05) is 0 Å². The predicted octanol–water partition coefficient (Wildman–Crippen LogP) is 4.52. The Balaban J connectivity index is 1.19. The number of hydrogen-bond acceptors (Lipinski definition) is 5. The van der Waals surface area contributed by atoms with Crippen LogP contribution in [0.2, 0.25) is 0 Å². The standard InChI is InChI=1S/C25H20N4O3/c30-25(26-15-24-28-27-17-29(24)20-8-2-1-3-9-20)23-13-12-22(32-23)16-31-21-11-10-18-6-4-5-7-19(18)14-21/h1-14,17H,15-16H2,(H,26,30). The maximum atomic E-state index is 12.5. The van der Waals surface area contributed by atoms with Crippen LogP contribution in [0, 0.1) is 0 Å². The summed E-state index contributed by atoms with van der Waals surface area (Å²) in [6.07, 6.45) is 1.62. The van der Waals surface area contributed by atoms with Gasteiger partial charge in [0, 0.05) is 5.69 Å². The number of nitrogens with one attached hydrogen (secondary N) is 1. The molecule has 1 N–H and O–H groups in total. The number of carbonyl (C=O) groups excluding carboxylic acids is 1. The first-order valence-electron chi connectivity index (χ1n) is 10.2. The lowest BCUT2D eigenvalue weighted by Crippen LogP contribution is -2.24.